The summed E-state index contributed by atoms with van der Waals surface area (Å²) in [7, 11) is 6.00. The highest BCUT2D eigenvalue weighted by Gasteiger charge is 2.07. The molecule has 1 nitrogen and oxygen atoms in total. The first-order valence-electron chi connectivity index (χ1n) is 20.0. The minimum Gasteiger partial charge on any atom is -0.312 e. The van der Waals surface area contributed by atoms with Crippen LogP contribution in [0.4, 0.5) is 0 Å². The van der Waals surface area contributed by atoms with Crippen LogP contribution < -0.4 is 0 Å². The van der Waals surface area contributed by atoms with Gasteiger partial charge in [0.15, 0.2) is 0 Å². The van der Waals surface area contributed by atoms with E-state index in [1.54, 1.807) is 0 Å². The molecule has 0 bridgehead atoms. The predicted octanol–water partition coefficient (Wildman–Crippen LogP) is 15.3. The van der Waals surface area contributed by atoms with Crippen LogP contribution >= 0.6 is 11.6 Å². The molecule has 0 fully saturated rings. The van der Waals surface area contributed by atoms with E-state index >= 15 is 0 Å². The third-order valence-electron chi connectivity index (χ3n) is 8.71. The first kappa shape index (κ1) is 45.9. The summed E-state index contributed by atoms with van der Waals surface area (Å²) in [4.78, 5) is 2.00. The number of hydrogen-bond donors (Lipinski definition) is 0. The zero-order valence-corrected chi connectivity index (χ0v) is 32.3. The van der Waals surface area contributed by atoms with E-state index in [1.165, 1.54) is 193 Å². The maximum atomic E-state index is 6.63. The molecule has 0 rings (SSSR count). The summed E-state index contributed by atoms with van der Waals surface area (Å²) in [6.07, 6.45) is 51.7. The van der Waals surface area contributed by atoms with Gasteiger partial charge in [-0.2, -0.15) is 0 Å². The Hall–Kier alpha value is -0.270. The predicted molar refractivity (Wildman–Crippen MR) is 207 cm³/mol. The monoisotopic (exact) mass is 638 g/mol. The van der Waals surface area contributed by atoms with E-state index in [1.807, 2.05) is 26.0 Å². The molecule has 0 aromatic heterocycles. The largest absolute Gasteiger partial charge is 0.312 e. The molecular weight excluding hydrogens is 554 g/mol. The van der Waals surface area contributed by atoms with E-state index in [4.69, 9.17) is 11.6 Å². The molecule has 2 unspecified atom stereocenters. The number of alkyl halides is 1. The van der Waals surface area contributed by atoms with E-state index in [0.29, 0.717) is 5.92 Å². The van der Waals surface area contributed by atoms with Gasteiger partial charge in [0.05, 0.1) is 5.38 Å². The summed E-state index contributed by atoms with van der Waals surface area (Å²) in [6.45, 7) is 6.86. The van der Waals surface area contributed by atoms with E-state index in [-0.39, 0.29) is 5.38 Å². The Morgan fingerprint density at radius 3 is 0.909 bits per heavy atom. The van der Waals surface area contributed by atoms with Gasteiger partial charge in [-0.3, -0.25) is 0 Å². The van der Waals surface area contributed by atoms with Crippen molar-refractivity contribution in [3.05, 3.63) is 24.3 Å². The van der Waals surface area contributed by atoms with E-state index in [0.717, 1.165) is 0 Å². The van der Waals surface area contributed by atoms with E-state index in [2.05, 4.69) is 45.1 Å². The molecule has 0 aliphatic carbocycles. The lowest BCUT2D eigenvalue weighted by Crippen LogP contribution is -2.05. The van der Waals surface area contributed by atoms with Crippen molar-refractivity contribution in [1.29, 1.82) is 0 Å². The second-order valence-corrected chi connectivity index (χ2v) is 14.8. The summed E-state index contributed by atoms with van der Waals surface area (Å²) < 4.78 is 0. The van der Waals surface area contributed by atoms with Crippen molar-refractivity contribution in [3.8, 4) is 0 Å². The van der Waals surface area contributed by atoms with Crippen LogP contribution in [-0.4, -0.2) is 31.4 Å². The van der Waals surface area contributed by atoms with Gasteiger partial charge in [-0.1, -0.05) is 212 Å². The number of hydrogen-bond acceptors (Lipinski definition) is 1. The Kier molecular flexibility index (Phi) is 42.5. The van der Waals surface area contributed by atoms with Crippen LogP contribution in [-0.2, 0) is 0 Å². The maximum Gasteiger partial charge on any atom is 0.0575 e. The van der Waals surface area contributed by atoms with Gasteiger partial charge < -0.3 is 4.90 Å². The maximum absolute atomic E-state index is 6.63. The fourth-order valence-corrected chi connectivity index (χ4v) is 5.92. The van der Waals surface area contributed by atoms with Crippen LogP contribution in [0.3, 0.4) is 0 Å². The van der Waals surface area contributed by atoms with Gasteiger partial charge >= 0.3 is 0 Å². The average molecular weight is 639 g/mol. The molecule has 2 heteroatoms. The highest BCUT2D eigenvalue weighted by atomic mass is 35.5. The Morgan fingerprint density at radius 1 is 0.409 bits per heavy atom. The van der Waals surface area contributed by atoms with Crippen molar-refractivity contribution in [3.63, 3.8) is 0 Å². The minimum atomic E-state index is 0.138. The molecule has 0 amide bonds. The lowest BCUT2D eigenvalue weighted by molar-refractivity contribution is 0.505. The number of allylic oxidation sites excluding steroid dienone is 4. The van der Waals surface area contributed by atoms with Crippen LogP contribution in [0.15, 0.2) is 24.3 Å². The highest BCUT2D eigenvalue weighted by molar-refractivity contribution is 6.22. The fraction of sp³-hybridized carbons (Fsp3) is 0.905. The fourth-order valence-electron chi connectivity index (χ4n) is 5.73. The van der Waals surface area contributed by atoms with Crippen molar-refractivity contribution >= 4 is 11.6 Å². The third kappa shape index (κ3) is 43.9. The zero-order chi connectivity index (χ0) is 32.8. The van der Waals surface area contributed by atoms with Crippen molar-refractivity contribution in [2.24, 2.45) is 5.92 Å². The Bertz CT molecular complexity index is 505. The van der Waals surface area contributed by atoms with Gasteiger partial charge in [-0.15, -0.1) is 11.6 Å². The number of nitrogens with zero attached hydrogens (tertiary/aromatic N) is 1. The topological polar surface area (TPSA) is 3.24 Å². The van der Waals surface area contributed by atoms with E-state index in [9.17, 15) is 0 Å². The molecule has 0 radical (unpaired) electrons. The molecule has 0 spiro atoms. The first-order valence-corrected chi connectivity index (χ1v) is 20.5. The standard InChI is InChI=1S/C39H75Cl.C3H9N/c1-4-6-8-10-12-14-16-18-20-22-24-26-28-30-32-34-36-38(3)39(40)37-35-33-31-29-27-25-23-21-19-17-15-13-11-9-7-5-2;1-4(2)3/h34-39H,4-33H2,1-3H3;1-3H3. The molecule has 2 atom stereocenters. The lowest BCUT2D eigenvalue weighted by Gasteiger charge is -2.09. The zero-order valence-electron chi connectivity index (χ0n) is 31.5. The van der Waals surface area contributed by atoms with Gasteiger partial charge in [0.1, 0.15) is 0 Å². The molecular formula is C42H84ClN. The molecule has 0 heterocycles. The van der Waals surface area contributed by atoms with Gasteiger partial charge in [-0.25, -0.2) is 0 Å². The van der Waals surface area contributed by atoms with Crippen molar-refractivity contribution in [2.45, 2.75) is 219 Å². The molecule has 264 valence electrons. The molecule has 0 aromatic rings. The number of rotatable bonds is 33. The van der Waals surface area contributed by atoms with Crippen molar-refractivity contribution < 1.29 is 0 Å². The first-order chi connectivity index (χ1) is 21.5. The minimum absolute atomic E-state index is 0.138. The van der Waals surface area contributed by atoms with Crippen LogP contribution in [0.25, 0.3) is 0 Å². The van der Waals surface area contributed by atoms with Gasteiger partial charge in [0.25, 0.3) is 0 Å². The SMILES string of the molecule is CCCCCCCCCCCCCCCCC=CC(C)C(Cl)C=CCCCCCCCCCCCCCCCC.CN(C)C. The van der Waals surface area contributed by atoms with Gasteiger partial charge in [0, 0.05) is 0 Å². The molecule has 0 aliphatic heterocycles. The van der Waals surface area contributed by atoms with Gasteiger partial charge in [0.2, 0.25) is 0 Å². The second-order valence-electron chi connectivity index (χ2n) is 14.3. The smallest absolute Gasteiger partial charge is 0.0575 e. The number of halogens is 1. The second kappa shape index (κ2) is 40.8. The van der Waals surface area contributed by atoms with Crippen LogP contribution in [0.1, 0.15) is 213 Å². The highest BCUT2D eigenvalue weighted by Crippen LogP contribution is 2.17. The summed E-state index contributed by atoms with van der Waals surface area (Å²) in [5, 5.41) is 0.138. The lowest BCUT2D eigenvalue weighted by atomic mass is 10.0. The van der Waals surface area contributed by atoms with Crippen molar-refractivity contribution in [1.82, 2.24) is 4.90 Å². The summed E-state index contributed by atoms with van der Waals surface area (Å²) in [5.74, 6) is 0.431. The van der Waals surface area contributed by atoms with Crippen LogP contribution in [0.5, 0.6) is 0 Å². The molecule has 0 aromatic carbocycles. The summed E-state index contributed by atoms with van der Waals surface area (Å²) >= 11 is 6.63. The van der Waals surface area contributed by atoms with E-state index < -0.39 is 0 Å². The quantitative estimate of drug-likeness (QED) is 0.0393. The van der Waals surface area contributed by atoms with Crippen molar-refractivity contribution in [2.75, 3.05) is 21.1 Å². The summed E-state index contributed by atoms with van der Waals surface area (Å²) in [6, 6.07) is 0. The summed E-state index contributed by atoms with van der Waals surface area (Å²) in [5.41, 5.74) is 0. The molecule has 0 aliphatic rings. The normalized spacial score (nSPS) is 13.2. The molecule has 0 saturated heterocycles. The molecule has 0 saturated carbocycles. The average Bonchev–Trinajstić information content (AvgIpc) is 3.00. The van der Waals surface area contributed by atoms with Gasteiger partial charge in [-0.05, 0) is 52.7 Å². The molecule has 0 N–H and O–H groups in total. The Labute approximate surface area is 285 Å². The third-order valence-corrected chi connectivity index (χ3v) is 9.25. The Balaban J connectivity index is 0. The number of unbranched alkanes of at least 4 members (excludes halogenated alkanes) is 28. The Morgan fingerprint density at radius 2 is 0.636 bits per heavy atom. The van der Waals surface area contributed by atoms with Crippen LogP contribution in [0.2, 0.25) is 0 Å². The van der Waals surface area contributed by atoms with Crippen LogP contribution in [0, 0.1) is 5.92 Å². The molecule has 44 heavy (non-hydrogen) atoms.